The van der Waals surface area contributed by atoms with Gasteiger partial charge in [0.05, 0.1) is 5.41 Å². The highest BCUT2D eigenvalue weighted by atomic mass is 16.2. The molecule has 0 aliphatic carbocycles. The van der Waals surface area contributed by atoms with E-state index in [1.165, 1.54) is 0 Å². The Morgan fingerprint density at radius 3 is 2.88 bits per heavy atom. The number of nitrogens with one attached hydrogen (secondary N) is 2. The number of rotatable bonds is 3. The lowest BCUT2D eigenvalue weighted by atomic mass is 9.75. The fraction of sp³-hybridized carbons (Fsp3) is 0.538. The highest BCUT2D eigenvalue weighted by molar-refractivity contribution is 5.95. The molecule has 4 heteroatoms. The third-order valence-corrected chi connectivity index (χ3v) is 3.65. The average Bonchev–Trinajstić information content (AvgIpc) is 2.80. The molecule has 1 aliphatic heterocycles. The highest BCUT2D eigenvalue weighted by Crippen LogP contribution is 2.35. The molecule has 1 saturated heterocycles. The van der Waals surface area contributed by atoms with Crippen LogP contribution in [-0.4, -0.2) is 24.0 Å². The summed E-state index contributed by atoms with van der Waals surface area (Å²) in [4.78, 5) is 16.5. The third kappa shape index (κ3) is 2.31. The number of carbonyl (C=O) groups is 1. The lowest BCUT2D eigenvalue weighted by molar-refractivity contribution is -0.126. The zero-order chi connectivity index (χ0) is 12.3. The first-order chi connectivity index (χ1) is 8.15. The van der Waals surface area contributed by atoms with E-state index < -0.39 is 0 Å². The summed E-state index contributed by atoms with van der Waals surface area (Å²) < 4.78 is 0. The maximum Gasteiger partial charge on any atom is 0.233 e. The lowest BCUT2D eigenvalue weighted by Gasteiger charge is -2.30. The number of amides is 1. The van der Waals surface area contributed by atoms with Gasteiger partial charge in [-0.15, -0.1) is 0 Å². The normalized spacial score (nSPS) is 23.9. The number of carbonyl (C=O) groups excluding carboxylic acids is 1. The van der Waals surface area contributed by atoms with Crippen molar-refractivity contribution in [3.63, 3.8) is 0 Å². The van der Waals surface area contributed by atoms with Gasteiger partial charge in [-0.25, -0.2) is 4.98 Å². The van der Waals surface area contributed by atoms with Gasteiger partial charge >= 0.3 is 0 Å². The van der Waals surface area contributed by atoms with Crippen LogP contribution < -0.4 is 10.6 Å². The van der Waals surface area contributed by atoms with Crippen LogP contribution in [0.15, 0.2) is 24.4 Å². The predicted molar refractivity (Wildman–Crippen MR) is 67.6 cm³/mol. The molecule has 0 spiro atoms. The van der Waals surface area contributed by atoms with E-state index in [-0.39, 0.29) is 11.3 Å². The topological polar surface area (TPSA) is 54.0 Å². The van der Waals surface area contributed by atoms with Crippen LogP contribution in [0.5, 0.6) is 0 Å². The van der Waals surface area contributed by atoms with Crippen LogP contribution in [0.2, 0.25) is 0 Å². The van der Waals surface area contributed by atoms with E-state index in [1.54, 1.807) is 6.20 Å². The van der Waals surface area contributed by atoms with Crippen LogP contribution in [0.1, 0.15) is 20.3 Å². The maximum atomic E-state index is 12.4. The van der Waals surface area contributed by atoms with Crippen molar-refractivity contribution in [2.75, 3.05) is 18.4 Å². The molecule has 0 bridgehead atoms. The van der Waals surface area contributed by atoms with E-state index in [1.807, 2.05) is 18.2 Å². The van der Waals surface area contributed by atoms with Crippen molar-refractivity contribution in [3.05, 3.63) is 24.4 Å². The summed E-state index contributed by atoms with van der Waals surface area (Å²) in [6, 6.07) is 5.52. The second-order valence-electron chi connectivity index (χ2n) is 4.91. The van der Waals surface area contributed by atoms with E-state index in [0.29, 0.717) is 11.7 Å². The molecule has 1 aromatic rings. The molecule has 92 valence electrons. The van der Waals surface area contributed by atoms with Gasteiger partial charge in [-0.2, -0.15) is 0 Å². The van der Waals surface area contributed by atoms with E-state index in [0.717, 1.165) is 19.5 Å². The molecule has 4 nitrogen and oxygen atoms in total. The third-order valence-electron chi connectivity index (χ3n) is 3.65. The summed E-state index contributed by atoms with van der Waals surface area (Å²) in [6.45, 7) is 5.87. The summed E-state index contributed by atoms with van der Waals surface area (Å²) in [7, 11) is 0. The first-order valence-corrected chi connectivity index (χ1v) is 6.08. The minimum Gasteiger partial charge on any atom is -0.316 e. The van der Waals surface area contributed by atoms with E-state index in [4.69, 9.17) is 0 Å². The molecule has 0 radical (unpaired) electrons. The van der Waals surface area contributed by atoms with Gasteiger partial charge < -0.3 is 10.6 Å². The van der Waals surface area contributed by atoms with Crippen molar-refractivity contribution < 1.29 is 4.79 Å². The van der Waals surface area contributed by atoms with E-state index in [9.17, 15) is 4.79 Å². The zero-order valence-electron chi connectivity index (χ0n) is 10.4. The highest BCUT2D eigenvalue weighted by Gasteiger charge is 2.43. The van der Waals surface area contributed by atoms with Crippen molar-refractivity contribution in [1.29, 1.82) is 0 Å². The van der Waals surface area contributed by atoms with Crippen molar-refractivity contribution in [3.8, 4) is 0 Å². The average molecular weight is 233 g/mol. The van der Waals surface area contributed by atoms with Crippen molar-refractivity contribution >= 4 is 11.7 Å². The zero-order valence-corrected chi connectivity index (χ0v) is 10.4. The molecule has 2 heterocycles. The maximum absolute atomic E-state index is 12.4. The Balaban J connectivity index is 2.13. The van der Waals surface area contributed by atoms with Gasteiger partial charge in [0.25, 0.3) is 0 Å². The van der Waals surface area contributed by atoms with Gasteiger partial charge in [0.15, 0.2) is 0 Å². The monoisotopic (exact) mass is 233 g/mol. The molecule has 1 aliphatic rings. The van der Waals surface area contributed by atoms with Gasteiger partial charge in [0, 0.05) is 12.7 Å². The Morgan fingerprint density at radius 1 is 1.53 bits per heavy atom. The Labute approximate surface area is 102 Å². The van der Waals surface area contributed by atoms with Crippen molar-refractivity contribution in [1.82, 2.24) is 10.3 Å². The number of hydrogen-bond donors (Lipinski definition) is 2. The number of pyridine rings is 1. The fourth-order valence-electron chi connectivity index (χ4n) is 2.34. The van der Waals surface area contributed by atoms with Gasteiger partial charge in [0.1, 0.15) is 5.82 Å². The second kappa shape index (κ2) is 4.84. The Morgan fingerprint density at radius 2 is 2.35 bits per heavy atom. The minimum atomic E-state index is -0.294. The number of aromatic nitrogens is 1. The molecule has 0 saturated carbocycles. The van der Waals surface area contributed by atoms with Crippen LogP contribution >= 0.6 is 0 Å². The van der Waals surface area contributed by atoms with E-state index >= 15 is 0 Å². The molecule has 1 atom stereocenters. The number of hydrogen-bond acceptors (Lipinski definition) is 3. The SMILES string of the molecule is CC(C)C1(C(=O)Nc2ccccn2)CCNC1. The minimum absolute atomic E-state index is 0.0798. The molecule has 0 aromatic carbocycles. The van der Waals surface area contributed by atoms with Crippen molar-refractivity contribution in [2.45, 2.75) is 20.3 Å². The Hall–Kier alpha value is -1.42. The largest absolute Gasteiger partial charge is 0.316 e. The number of anilines is 1. The standard InChI is InChI=1S/C13H19N3O/c1-10(2)13(6-8-14-9-13)12(17)16-11-5-3-4-7-15-11/h3-5,7,10,14H,6,8-9H2,1-2H3,(H,15,16,17). The second-order valence-corrected chi connectivity index (χ2v) is 4.91. The van der Waals surface area contributed by atoms with Crippen LogP contribution in [-0.2, 0) is 4.79 Å². The van der Waals surface area contributed by atoms with Gasteiger partial charge in [-0.1, -0.05) is 19.9 Å². The summed E-state index contributed by atoms with van der Waals surface area (Å²) in [5, 5.41) is 6.20. The quantitative estimate of drug-likeness (QED) is 0.834. The molecule has 17 heavy (non-hydrogen) atoms. The summed E-state index contributed by atoms with van der Waals surface area (Å²) in [5.74, 6) is 1.03. The van der Waals surface area contributed by atoms with E-state index in [2.05, 4.69) is 29.5 Å². The summed E-state index contributed by atoms with van der Waals surface area (Å²) in [5.41, 5.74) is -0.294. The van der Waals surface area contributed by atoms with Crippen LogP contribution in [0.25, 0.3) is 0 Å². The first-order valence-electron chi connectivity index (χ1n) is 6.08. The Bertz CT molecular complexity index is 383. The van der Waals surface area contributed by atoms with Gasteiger partial charge in [-0.3, -0.25) is 4.79 Å². The summed E-state index contributed by atoms with van der Waals surface area (Å²) in [6.07, 6.45) is 2.58. The van der Waals surface area contributed by atoms with Crippen LogP contribution in [0, 0.1) is 11.3 Å². The molecule has 1 unspecified atom stereocenters. The fourth-order valence-corrected chi connectivity index (χ4v) is 2.34. The molecule has 1 aromatic heterocycles. The Kier molecular flexibility index (Phi) is 3.43. The van der Waals surface area contributed by atoms with Crippen molar-refractivity contribution in [2.24, 2.45) is 11.3 Å². The van der Waals surface area contributed by atoms with Crippen LogP contribution in [0.3, 0.4) is 0 Å². The van der Waals surface area contributed by atoms with Gasteiger partial charge in [0.2, 0.25) is 5.91 Å². The first kappa shape index (κ1) is 12.0. The molecule has 1 amide bonds. The summed E-state index contributed by atoms with van der Waals surface area (Å²) >= 11 is 0. The molecular weight excluding hydrogens is 214 g/mol. The van der Waals surface area contributed by atoms with Gasteiger partial charge in [-0.05, 0) is 31.0 Å². The molecule has 2 rings (SSSR count). The lowest BCUT2D eigenvalue weighted by Crippen LogP contribution is -2.42. The predicted octanol–water partition coefficient (Wildman–Crippen LogP) is 1.66. The smallest absolute Gasteiger partial charge is 0.233 e. The number of nitrogens with zero attached hydrogens (tertiary/aromatic N) is 1. The molecular formula is C13H19N3O. The van der Waals surface area contributed by atoms with Crippen LogP contribution in [0.4, 0.5) is 5.82 Å². The molecule has 2 N–H and O–H groups in total. The molecule has 1 fully saturated rings.